The van der Waals surface area contributed by atoms with Crippen molar-refractivity contribution >= 4 is 17.4 Å². The Hall–Kier alpha value is -0.800. The molecule has 0 spiro atoms. The Labute approximate surface area is 102 Å². The first-order valence-corrected chi connectivity index (χ1v) is 6.02. The second-order valence-corrected chi connectivity index (χ2v) is 4.32. The van der Waals surface area contributed by atoms with Crippen LogP contribution in [0.2, 0.25) is 5.02 Å². The molecular weight excluding hydrogens is 224 g/mol. The molecule has 1 aromatic rings. The van der Waals surface area contributed by atoms with E-state index < -0.39 is 0 Å². The summed E-state index contributed by atoms with van der Waals surface area (Å²) in [5, 5.41) is 3.88. The molecule has 0 bridgehead atoms. The van der Waals surface area contributed by atoms with E-state index in [0.717, 1.165) is 24.5 Å². The van der Waals surface area contributed by atoms with Crippen LogP contribution in [-0.4, -0.2) is 17.6 Å². The number of pyridine rings is 1. The van der Waals surface area contributed by atoms with E-state index in [0.29, 0.717) is 11.6 Å². The fraction of sp³-hybridized carbons (Fsp3) is 0.583. The summed E-state index contributed by atoms with van der Waals surface area (Å²) < 4.78 is 5.49. The normalized spacial score (nSPS) is 10.8. The minimum absolute atomic E-state index is 0.185. The predicted molar refractivity (Wildman–Crippen MR) is 68.0 cm³/mol. The molecule has 16 heavy (non-hydrogen) atoms. The van der Waals surface area contributed by atoms with Crippen molar-refractivity contribution in [2.24, 2.45) is 0 Å². The van der Waals surface area contributed by atoms with Gasteiger partial charge in [-0.3, -0.25) is 0 Å². The van der Waals surface area contributed by atoms with E-state index in [-0.39, 0.29) is 6.10 Å². The Morgan fingerprint density at radius 2 is 2.19 bits per heavy atom. The maximum Gasteiger partial charge on any atom is 0.126 e. The standard InChI is InChI=1S/C12H19ClN2O/c1-4-7-14-12-6-5-10(13)11(15-12)8-16-9(2)3/h5-6,9H,4,7-8H2,1-3H3,(H,14,15). The fourth-order valence-electron chi connectivity index (χ4n) is 1.18. The van der Waals surface area contributed by atoms with Crippen LogP contribution < -0.4 is 5.32 Å². The molecule has 0 aliphatic heterocycles. The van der Waals surface area contributed by atoms with E-state index in [1.165, 1.54) is 0 Å². The van der Waals surface area contributed by atoms with Crippen molar-refractivity contribution in [3.63, 3.8) is 0 Å². The van der Waals surface area contributed by atoms with E-state index in [1.54, 1.807) is 0 Å². The van der Waals surface area contributed by atoms with Gasteiger partial charge in [0.15, 0.2) is 0 Å². The van der Waals surface area contributed by atoms with Crippen LogP contribution in [0.15, 0.2) is 12.1 Å². The third-order valence-electron chi connectivity index (χ3n) is 2.03. The number of hydrogen-bond donors (Lipinski definition) is 1. The first-order valence-electron chi connectivity index (χ1n) is 5.64. The minimum Gasteiger partial charge on any atom is -0.372 e. The third kappa shape index (κ3) is 4.37. The number of nitrogens with zero attached hydrogens (tertiary/aromatic N) is 1. The lowest BCUT2D eigenvalue weighted by molar-refractivity contribution is 0.0637. The SMILES string of the molecule is CCCNc1ccc(Cl)c(COC(C)C)n1. The molecule has 0 unspecified atom stereocenters. The molecule has 0 saturated heterocycles. The second-order valence-electron chi connectivity index (χ2n) is 3.91. The van der Waals surface area contributed by atoms with Crippen LogP contribution in [0, 0.1) is 0 Å². The summed E-state index contributed by atoms with van der Waals surface area (Å²) in [6.45, 7) is 7.48. The fourth-order valence-corrected chi connectivity index (χ4v) is 1.34. The molecule has 1 N–H and O–H groups in total. The number of nitrogens with one attached hydrogen (secondary N) is 1. The maximum atomic E-state index is 6.04. The lowest BCUT2D eigenvalue weighted by atomic mass is 10.3. The van der Waals surface area contributed by atoms with Gasteiger partial charge in [0.05, 0.1) is 23.4 Å². The van der Waals surface area contributed by atoms with Crippen LogP contribution >= 0.6 is 11.6 Å². The van der Waals surface area contributed by atoms with Gasteiger partial charge in [-0.15, -0.1) is 0 Å². The molecule has 0 aliphatic rings. The van der Waals surface area contributed by atoms with Crippen LogP contribution in [0.3, 0.4) is 0 Å². The molecule has 0 fully saturated rings. The van der Waals surface area contributed by atoms with E-state index in [2.05, 4.69) is 17.2 Å². The first-order chi connectivity index (χ1) is 7.63. The summed E-state index contributed by atoms with van der Waals surface area (Å²) in [6, 6.07) is 3.74. The summed E-state index contributed by atoms with van der Waals surface area (Å²) in [7, 11) is 0. The van der Waals surface area contributed by atoms with Gasteiger partial charge in [0.2, 0.25) is 0 Å². The molecule has 1 heterocycles. The third-order valence-corrected chi connectivity index (χ3v) is 2.37. The van der Waals surface area contributed by atoms with Crippen molar-refractivity contribution in [1.82, 2.24) is 4.98 Å². The number of halogens is 1. The van der Waals surface area contributed by atoms with Gasteiger partial charge >= 0.3 is 0 Å². The molecule has 0 aliphatic carbocycles. The molecule has 1 aromatic heterocycles. The molecule has 0 saturated carbocycles. The van der Waals surface area contributed by atoms with Gasteiger partial charge in [-0.25, -0.2) is 4.98 Å². The lowest BCUT2D eigenvalue weighted by Crippen LogP contribution is -2.07. The average molecular weight is 243 g/mol. The van der Waals surface area contributed by atoms with Gasteiger partial charge in [-0.1, -0.05) is 18.5 Å². The molecule has 3 nitrogen and oxygen atoms in total. The monoisotopic (exact) mass is 242 g/mol. The molecule has 1 rings (SSSR count). The number of rotatable bonds is 6. The highest BCUT2D eigenvalue weighted by Crippen LogP contribution is 2.18. The van der Waals surface area contributed by atoms with E-state index >= 15 is 0 Å². The number of anilines is 1. The quantitative estimate of drug-likeness (QED) is 0.829. The zero-order valence-corrected chi connectivity index (χ0v) is 10.8. The molecule has 0 atom stereocenters. The summed E-state index contributed by atoms with van der Waals surface area (Å²) >= 11 is 6.04. The molecule has 0 amide bonds. The highest BCUT2D eigenvalue weighted by atomic mass is 35.5. The highest BCUT2D eigenvalue weighted by molar-refractivity contribution is 6.31. The largest absolute Gasteiger partial charge is 0.372 e. The topological polar surface area (TPSA) is 34.1 Å². The van der Waals surface area contributed by atoms with Crippen molar-refractivity contribution < 1.29 is 4.74 Å². The summed E-state index contributed by atoms with van der Waals surface area (Å²) in [5.41, 5.74) is 0.788. The van der Waals surface area contributed by atoms with Crippen LogP contribution in [0.25, 0.3) is 0 Å². The van der Waals surface area contributed by atoms with Gasteiger partial charge in [0.25, 0.3) is 0 Å². The van der Waals surface area contributed by atoms with Gasteiger partial charge in [-0.2, -0.15) is 0 Å². The van der Waals surface area contributed by atoms with E-state index in [1.807, 2.05) is 26.0 Å². The number of hydrogen-bond acceptors (Lipinski definition) is 3. The number of aromatic nitrogens is 1. The molecule has 0 aromatic carbocycles. The van der Waals surface area contributed by atoms with Crippen molar-refractivity contribution in [3.8, 4) is 0 Å². The molecule has 4 heteroatoms. The van der Waals surface area contributed by atoms with E-state index in [4.69, 9.17) is 16.3 Å². The van der Waals surface area contributed by atoms with Gasteiger partial charge in [-0.05, 0) is 32.4 Å². The Morgan fingerprint density at radius 1 is 1.44 bits per heavy atom. The zero-order chi connectivity index (χ0) is 12.0. The van der Waals surface area contributed by atoms with Gasteiger partial charge < -0.3 is 10.1 Å². The second kappa shape index (κ2) is 6.71. The summed E-state index contributed by atoms with van der Waals surface area (Å²) in [5.74, 6) is 0.855. The van der Waals surface area contributed by atoms with Crippen LogP contribution in [-0.2, 0) is 11.3 Å². The predicted octanol–water partition coefficient (Wildman–Crippen LogP) is 3.48. The van der Waals surface area contributed by atoms with Crippen molar-refractivity contribution in [1.29, 1.82) is 0 Å². The van der Waals surface area contributed by atoms with Crippen LogP contribution in [0.1, 0.15) is 32.9 Å². The average Bonchev–Trinajstić information content (AvgIpc) is 2.26. The molecule has 90 valence electrons. The van der Waals surface area contributed by atoms with Crippen molar-refractivity contribution in [3.05, 3.63) is 22.8 Å². The minimum atomic E-state index is 0.185. The first kappa shape index (κ1) is 13.3. The van der Waals surface area contributed by atoms with Gasteiger partial charge in [0, 0.05) is 6.54 Å². The maximum absolute atomic E-state index is 6.04. The highest BCUT2D eigenvalue weighted by Gasteiger charge is 2.05. The van der Waals surface area contributed by atoms with Crippen molar-refractivity contribution in [2.45, 2.75) is 39.9 Å². The molecule has 0 radical (unpaired) electrons. The van der Waals surface area contributed by atoms with Crippen LogP contribution in [0.4, 0.5) is 5.82 Å². The van der Waals surface area contributed by atoms with Gasteiger partial charge in [0.1, 0.15) is 5.82 Å². The van der Waals surface area contributed by atoms with Crippen molar-refractivity contribution in [2.75, 3.05) is 11.9 Å². The Balaban J connectivity index is 2.66. The summed E-state index contributed by atoms with van der Waals surface area (Å²) in [4.78, 5) is 4.41. The zero-order valence-electron chi connectivity index (χ0n) is 10.1. The Bertz CT molecular complexity index is 329. The summed E-state index contributed by atoms with van der Waals surface area (Å²) in [6.07, 6.45) is 1.26. The molecular formula is C12H19ClN2O. The Morgan fingerprint density at radius 3 is 2.81 bits per heavy atom. The van der Waals surface area contributed by atoms with Crippen LogP contribution in [0.5, 0.6) is 0 Å². The lowest BCUT2D eigenvalue weighted by Gasteiger charge is -2.10. The number of ether oxygens (including phenoxy) is 1. The van der Waals surface area contributed by atoms with E-state index in [9.17, 15) is 0 Å². The Kier molecular flexibility index (Phi) is 5.56. The smallest absolute Gasteiger partial charge is 0.126 e.